The molecule has 2 heterocycles. The zero-order valence-corrected chi connectivity index (χ0v) is 15.9. The number of nitrogens with one attached hydrogen (secondary N) is 1. The van der Waals surface area contributed by atoms with Gasteiger partial charge in [-0.2, -0.15) is 13.2 Å². The molecule has 0 spiro atoms. The van der Waals surface area contributed by atoms with Gasteiger partial charge in [0.2, 0.25) is 5.60 Å². The van der Waals surface area contributed by atoms with E-state index in [-0.39, 0.29) is 15.9 Å². The van der Waals surface area contributed by atoms with Crippen LogP contribution in [0.1, 0.15) is 42.0 Å². The van der Waals surface area contributed by atoms with Gasteiger partial charge in [0.05, 0.1) is 15.1 Å². The van der Waals surface area contributed by atoms with Gasteiger partial charge in [0, 0.05) is 12.2 Å². The van der Waals surface area contributed by atoms with Crippen molar-refractivity contribution in [3.63, 3.8) is 0 Å². The number of aliphatic hydroxyl groups is 1. The number of fused-ring (bicyclic) bond motifs is 1. The first kappa shape index (κ1) is 18.6. The normalized spacial score (nSPS) is 18.5. The Morgan fingerprint density at radius 3 is 2.52 bits per heavy atom. The van der Waals surface area contributed by atoms with E-state index in [1.165, 1.54) is 6.42 Å². The van der Waals surface area contributed by atoms with Crippen LogP contribution in [0.4, 0.5) is 18.3 Å². The summed E-state index contributed by atoms with van der Waals surface area (Å²) >= 11 is 1.69. The second kappa shape index (κ2) is 7.03. The standard InChI is InChI=1S/C18H18F3N3OS2/c19-18(20,21)17(25,15-24-12-8-4-5-9-13(12)26-15)14-10-22-16(27-14)23-11-6-2-1-3-7-11/h4-5,8-11,25H,1-3,6-7H2,(H,22,23). The van der Waals surface area contributed by atoms with Crippen molar-refractivity contribution in [3.05, 3.63) is 40.3 Å². The monoisotopic (exact) mass is 413 g/mol. The average Bonchev–Trinajstić information content (AvgIpc) is 3.28. The zero-order valence-electron chi connectivity index (χ0n) is 14.3. The Hall–Kier alpha value is -1.71. The van der Waals surface area contributed by atoms with E-state index >= 15 is 0 Å². The van der Waals surface area contributed by atoms with E-state index in [0.717, 1.165) is 54.6 Å². The topological polar surface area (TPSA) is 58.0 Å². The lowest BCUT2D eigenvalue weighted by molar-refractivity contribution is -0.247. The number of aromatic nitrogens is 2. The van der Waals surface area contributed by atoms with Crippen molar-refractivity contribution in [1.82, 2.24) is 9.97 Å². The van der Waals surface area contributed by atoms with Gasteiger partial charge in [0.15, 0.2) is 5.13 Å². The molecule has 1 fully saturated rings. The summed E-state index contributed by atoms with van der Waals surface area (Å²) in [4.78, 5) is 7.88. The van der Waals surface area contributed by atoms with Gasteiger partial charge in [-0.15, -0.1) is 11.3 Å². The van der Waals surface area contributed by atoms with Gasteiger partial charge < -0.3 is 10.4 Å². The highest BCUT2D eigenvalue weighted by molar-refractivity contribution is 7.19. The summed E-state index contributed by atoms with van der Waals surface area (Å²) in [6.45, 7) is 0. The van der Waals surface area contributed by atoms with E-state index in [1.54, 1.807) is 24.3 Å². The van der Waals surface area contributed by atoms with Crippen LogP contribution < -0.4 is 5.32 Å². The molecule has 1 unspecified atom stereocenters. The Morgan fingerprint density at radius 1 is 1.07 bits per heavy atom. The van der Waals surface area contributed by atoms with Gasteiger partial charge in [-0.3, -0.25) is 0 Å². The number of para-hydroxylation sites is 1. The summed E-state index contributed by atoms with van der Waals surface area (Å²) in [6.07, 6.45) is 1.56. The van der Waals surface area contributed by atoms with Gasteiger partial charge in [-0.05, 0) is 25.0 Å². The molecule has 1 saturated carbocycles. The van der Waals surface area contributed by atoms with Crippen molar-refractivity contribution < 1.29 is 18.3 Å². The third kappa shape index (κ3) is 3.43. The fraction of sp³-hybridized carbons (Fsp3) is 0.444. The number of anilines is 1. The number of hydrogen-bond acceptors (Lipinski definition) is 6. The minimum absolute atomic E-state index is 0.221. The number of hydrogen-bond donors (Lipinski definition) is 2. The van der Waals surface area contributed by atoms with Crippen LogP contribution in [0.2, 0.25) is 0 Å². The lowest BCUT2D eigenvalue weighted by atomic mass is 9.96. The molecule has 4 rings (SSSR count). The molecule has 0 saturated heterocycles. The van der Waals surface area contributed by atoms with Gasteiger partial charge in [-0.25, -0.2) is 9.97 Å². The van der Waals surface area contributed by atoms with E-state index in [1.807, 2.05) is 0 Å². The molecule has 1 aromatic carbocycles. The molecule has 9 heteroatoms. The fourth-order valence-electron chi connectivity index (χ4n) is 3.32. The van der Waals surface area contributed by atoms with Crippen molar-refractivity contribution in [3.8, 4) is 0 Å². The molecule has 1 aliphatic carbocycles. The van der Waals surface area contributed by atoms with Crippen molar-refractivity contribution in [2.24, 2.45) is 0 Å². The summed E-state index contributed by atoms with van der Waals surface area (Å²) in [6, 6.07) is 6.98. The van der Waals surface area contributed by atoms with Crippen LogP contribution in [0, 0.1) is 0 Å². The molecule has 3 aromatic rings. The lowest BCUT2D eigenvalue weighted by Crippen LogP contribution is -2.42. The van der Waals surface area contributed by atoms with Crippen LogP contribution in [0.15, 0.2) is 30.5 Å². The highest BCUT2D eigenvalue weighted by atomic mass is 32.1. The molecule has 0 radical (unpaired) electrons. The number of benzene rings is 1. The maximum atomic E-state index is 13.9. The minimum Gasteiger partial charge on any atom is -0.370 e. The number of rotatable bonds is 4. The first-order chi connectivity index (χ1) is 12.9. The molecule has 1 aliphatic rings. The quantitative estimate of drug-likeness (QED) is 0.610. The first-order valence-corrected chi connectivity index (χ1v) is 10.4. The van der Waals surface area contributed by atoms with Crippen molar-refractivity contribution in [2.45, 2.75) is 49.9 Å². The molecule has 2 aromatic heterocycles. The second-order valence-electron chi connectivity index (χ2n) is 6.70. The van der Waals surface area contributed by atoms with E-state index in [9.17, 15) is 18.3 Å². The van der Waals surface area contributed by atoms with Crippen molar-refractivity contribution in [2.75, 3.05) is 5.32 Å². The number of halogens is 3. The molecule has 0 bridgehead atoms. The molecular weight excluding hydrogens is 395 g/mol. The Kier molecular flexibility index (Phi) is 4.85. The largest absolute Gasteiger partial charge is 0.429 e. The average molecular weight is 413 g/mol. The van der Waals surface area contributed by atoms with Crippen molar-refractivity contribution in [1.29, 1.82) is 0 Å². The summed E-state index contributed by atoms with van der Waals surface area (Å²) in [5.74, 6) is 0. The third-order valence-electron chi connectivity index (χ3n) is 4.81. The molecule has 144 valence electrons. The Labute approximate surface area is 162 Å². The van der Waals surface area contributed by atoms with Gasteiger partial charge in [0.25, 0.3) is 0 Å². The SMILES string of the molecule is OC(c1cnc(NC2CCCCC2)s1)(c1nc2ccccc2s1)C(F)(F)F. The lowest BCUT2D eigenvalue weighted by Gasteiger charge is -2.27. The number of alkyl halides is 3. The first-order valence-electron chi connectivity index (χ1n) is 8.76. The summed E-state index contributed by atoms with van der Waals surface area (Å²) in [7, 11) is 0. The molecule has 0 amide bonds. The minimum atomic E-state index is -4.91. The number of nitrogens with zero attached hydrogens (tertiary/aromatic N) is 2. The maximum Gasteiger partial charge on any atom is 0.429 e. The van der Waals surface area contributed by atoms with E-state index in [0.29, 0.717) is 15.3 Å². The van der Waals surface area contributed by atoms with Gasteiger partial charge in [0.1, 0.15) is 5.01 Å². The van der Waals surface area contributed by atoms with Crippen LogP contribution in [-0.2, 0) is 5.60 Å². The molecule has 1 atom stereocenters. The van der Waals surface area contributed by atoms with E-state index in [4.69, 9.17) is 0 Å². The van der Waals surface area contributed by atoms with E-state index in [2.05, 4.69) is 15.3 Å². The Morgan fingerprint density at radius 2 is 1.81 bits per heavy atom. The predicted molar refractivity (Wildman–Crippen MR) is 101 cm³/mol. The predicted octanol–water partition coefficient (Wildman–Crippen LogP) is 5.30. The second-order valence-corrected chi connectivity index (χ2v) is 8.77. The van der Waals surface area contributed by atoms with Gasteiger partial charge >= 0.3 is 6.18 Å². The van der Waals surface area contributed by atoms with Crippen LogP contribution in [0.5, 0.6) is 0 Å². The molecule has 0 aliphatic heterocycles. The van der Waals surface area contributed by atoms with Crippen LogP contribution >= 0.6 is 22.7 Å². The maximum absolute atomic E-state index is 13.9. The van der Waals surface area contributed by atoms with Crippen molar-refractivity contribution >= 4 is 38.0 Å². The highest BCUT2D eigenvalue weighted by Gasteiger charge is 2.59. The molecule has 2 N–H and O–H groups in total. The summed E-state index contributed by atoms with van der Waals surface area (Å²) < 4.78 is 42.4. The van der Waals surface area contributed by atoms with Crippen LogP contribution in [0.3, 0.4) is 0 Å². The molecule has 4 nitrogen and oxygen atoms in total. The zero-order chi connectivity index (χ0) is 19.1. The Bertz CT molecular complexity index is 900. The number of thiazole rings is 2. The van der Waals surface area contributed by atoms with Crippen LogP contribution in [-0.4, -0.2) is 27.3 Å². The van der Waals surface area contributed by atoms with Crippen LogP contribution in [0.25, 0.3) is 10.2 Å². The summed E-state index contributed by atoms with van der Waals surface area (Å²) in [5, 5.41) is 14.0. The molecular formula is C18H18F3N3OS2. The smallest absolute Gasteiger partial charge is 0.370 e. The Balaban J connectivity index is 1.70. The fourth-order valence-corrected chi connectivity index (χ4v) is 5.48. The molecule has 27 heavy (non-hydrogen) atoms. The summed E-state index contributed by atoms with van der Waals surface area (Å²) in [5.41, 5.74) is -2.73. The third-order valence-corrected chi connectivity index (χ3v) is 6.99. The van der Waals surface area contributed by atoms with Gasteiger partial charge in [-0.1, -0.05) is 42.7 Å². The van der Waals surface area contributed by atoms with E-state index < -0.39 is 11.8 Å². The highest BCUT2D eigenvalue weighted by Crippen LogP contribution is 2.48.